The maximum Gasteiger partial charge on any atom is 0.305 e. The van der Waals surface area contributed by atoms with E-state index in [1.165, 1.54) is 4.90 Å². The third kappa shape index (κ3) is 3.33. The van der Waals surface area contributed by atoms with E-state index in [1.54, 1.807) is 13.1 Å². The number of hydrogen-bond donors (Lipinski definition) is 1. The number of rotatable bonds is 5. The molecule has 0 aliphatic heterocycles. The second-order valence-corrected chi connectivity index (χ2v) is 5.31. The fraction of sp³-hybridized carbons (Fsp3) is 0.312. The lowest BCUT2D eigenvalue weighted by Gasteiger charge is -2.19. The lowest BCUT2D eigenvalue weighted by atomic mass is 10.1. The Morgan fingerprint density at radius 1 is 1.18 bits per heavy atom. The van der Waals surface area contributed by atoms with Crippen LogP contribution in [0.1, 0.15) is 16.8 Å². The van der Waals surface area contributed by atoms with Crippen molar-refractivity contribution in [3.63, 3.8) is 0 Å². The van der Waals surface area contributed by atoms with Gasteiger partial charge < -0.3 is 14.9 Å². The van der Waals surface area contributed by atoms with Crippen LogP contribution in [0.5, 0.6) is 0 Å². The van der Waals surface area contributed by atoms with Crippen molar-refractivity contribution >= 4 is 28.6 Å². The van der Waals surface area contributed by atoms with E-state index in [0.717, 1.165) is 10.9 Å². The summed E-state index contributed by atoms with van der Waals surface area (Å²) in [4.78, 5) is 31.1. The first-order valence-corrected chi connectivity index (χ1v) is 6.94. The highest BCUT2D eigenvalue weighted by Crippen LogP contribution is 2.23. The molecule has 0 aliphatic carbocycles. The first-order chi connectivity index (χ1) is 10.4. The first kappa shape index (κ1) is 15.8. The lowest BCUT2D eigenvalue weighted by Crippen LogP contribution is -2.29. The van der Waals surface area contributed by atoms with Crippen LogP contribution < -0.4 is 4.90 Å². The van der Waals surface area contributed by atoms with Crippen molar-refractivity contribution in [2.24, 2.45) is 0 Å². The van der Waals surface area contributed by atoms with Gasteiger partial charge in [-0.05, 0) is 12.1 Å². The van der Waals surface area contributed by atoms with Crippen molar-refractivity contribution < 1.29 is 14.7 Å². The van der Waals surface area contributed by atoms with Crippen LogP contribution in [0.15, 0.2) is 30.3 Å². The van der Waals surface area contributed by atoms with E-state index >= 15 is 0 Å². The molecule has 22 heavy (non-hydrogen) atoms. The van der Waals surface area contributed by atoms with Crippen LogP contribution in [0.25, 0.3) is 10.9 Å². The lowest BCUT2D eigenvalue weighted by molar-refractivity contribution is -0.137. The van der Waals surface area contributed by atoms with E-state index in [4.69, 9.17) is 5.11 Å². The number of carbonyl (C=O) groups is 2. The molecule has 0 unspecified atom stereocenters. The van der Waals surface area contributed by atoms with Gasteiger partial charge in [0.25, 0.3) is 5.91 Å². The van der Waals surface area contributed by atoms with Crippen LogP contribution in [0.4, 0.5) is 5.82 Å². The Hall–Kier alpha value is -2.63. The Labute approximate surface area is 129 Å². The molecule has 0 atom stereocenters. The molecule has 0 spiro atoms. The Morgan fingerprint density at radius 3 is 2.50 bits per heavy atom. The number of carboxylic acids is 1. The summed E-state index contributed by atoms with van der Waals surface area (Å²) in [7, 11) is 5.33. The highest BCUT2D eigenvalue weighted by atomic mass is 16.4. The van der Waals surface area contributed by atoms with Crippen molar-refractivity contribution in [2.45, 2.75) is 6.42 Å². The first-order valence-electron chi connectivity index (χ1n) is 6.94. The molecule has 1 aromatic heterocycles. The number of nitrogens with zero attached hydrogens (tertiary/aromatic N) is 3. The predicted octanol–water partition coefficient (Wildman–Crippen LogP) is 1.85. The van der Waals surface area contributed by atoms with Crippen molar-refractivity contribution in [1.82, 2.24) is 9.88 Å². The topological polar surface area (TPSA) is 73.7 Å². The number of anilines is 1. The van der Waals surface area contributed by atoms with Crippen molar-refractivity contribution in [3.8, 4) is 0 Å². The largest absolute Gasteiger partial charge is 0.481 e. The summed E-state index contributed by atoms with van der Waals surface area (Å²) in [6.45, 7) is 0.169. The third-order valence-electron chi connectivity index (χ3n) is 3.40. The average Bonchev–Trinajstić information content (AvgIpc) is 2.50. The van der Waals surface area contributed by atoms with E-state index in [9.17, 15) is 9.59 Å². The molecule has 1 aromatic carbocycles. The van der Waals surface area contributed by atoms with Crippen LogP contribution in [0.2, 0.25) is 0 Å². The van der Waals surface area contributed by atoms with E-state index in [0.29, 0.717) is 11.4 Å². The minimum absolute atomic E-state index is 0.0776. The van der Waals surface area contributed by atoms with E-state index in [1.807, 2.05) is 43.3 Å². The van der Waals surface area contributed by atoms with Crippen molar-refractivity contribution in [1.29, 1.82) is 0 Å². The van der Waals surface area contributed by atoms with Crippen LogP contribution >= 0.6 is 0 Å². The van der Waals surface area contributed by atoms with E-state index < -0.39 is 5.97 Å². The number of benzene rings is 1. The van der Waals surface area contributed by atoms with Gasteiger partial charge in [0.15, 0.2) is 0 Å². The molecule has 0 aliphatic rings. The smallest absolute Gasteiger partial charge is 0.305 e. The molecule has 116 valence electrons. The Kier molecular flexibility index (Phi) is 4.60. The van der Waals surface area contributed by atoms with Crippen molar-refractivity contribution in [2.75, 3.05) is 32.6 Å². The summed E-state index contributed by atoms with van der Waals surface area (Å²) >= 11 is 0. The molecule has 6 heteroatoms. The van der Waals surface area contributed by atoms with E-state index in [2.05, 4.69) is 4.98 Å². The van der Waals surface area contributed by atoms with Gasteiger partial charge in [-0.15, -0.1) is 0 Å². The number of carboxylic acid groups (broad SMARTS) is 1. The fourth-order valence-electron chi connectivity index (χ4n) is 2.14. The summed E-state index contributed by atoms with van der Waals surface area (Å²) in [6.07, 6.45) is -0.0776. The van der Waals surface area contributed by atoms with Crippen LogP contribution in [0, 0.1) is 0 Å². The molecular weight excluding hydrogens is 282 g/mol. The summed E-state index contributed by atoms with van der Waals surface area (Å²) in [5.74, 6) is -0.440. The quantitative estimate of drug-likeness (QED) is 0.912. The summed E-state index contributed by atoms with van der Waals surface area (Å²) in [5.41, 5.74) is 1.27. The number of aromatic nitrogens is 1. The summed E-state index contributed by atoms with van der Waals surface area (Å²) in [6, 6.07) is 9.17. The van der Waals surface area contributed by atoms with Gasteiger partial charge in [-0.1, -0.05) is 18.2 Å². The number of pyridine rings is 1. The summed E-state index contributed by atoms with van der Waals surface area (Å²) < 4.78 is 0. The molecule has 0 fully saturated rings. The van der Waals surface area contributed by atoms with Crippen LogP contribution in [0.3, 0.4) is 0 Å². The molecule has 0 saturated heterocycles. The fourth-order valence-corrected chi connectivity index (χ4v) is 2.14. The highest BCUT2D eigenvalue weighted by Gasteiger charge is 2.17. The Morgan fingerprint density at radius 2 is 1.86 bits per heavy atom. The zero-order valence-corrected chi connectivity index (χ0v) is 12.9. The predicted molar refractivity (Wildman–Crippen MR) is 85.3 cm³/mol. The Balaban J connectivity index is 2.44. The standard InChI is InChI=1S/C16H19N3O3/c1-18(2)14-10-12(11-6-4-5-7-13(11)17-14)16(22)19(3)9-8-15(20)21/h4-7,10H,8-9H2,1-3H3,(H,20,21). The summed E-state index contributed by atoms with van der Waals surface area (Å²) in [5, 5.41) is 9.51. The number of fused-ring (bicyclic) bond motifs is 1. The monoisotopic (exact) mass is 301 g/mol. The van der Waals surface area contributed by atoms with Gasteiger partial charge in [-0.3, -0.25) is 9.59 Å². The van der Waals surface area contributed by atoms with Crippen LogP contribution in [-0.2, 0) is 4.79 Å². The van der Waals surface area contributed by atoms with Gasteiger partial charge in [0.2, 0.25) is 0 Å². The molecule has 1 heterocycles. The molecule has 0 radical (unpaired) electrons. The van der Waals surface area contributed by atoms with Gasteiger partial charge in [-0.25, -0.2) is 4.98 Å². The molecule has 2 aromatic rings. The molecule has 0 bridgehead atoms. The van der Waals surface area contributed by atoms with Gasteiger partial charge in [0, 0.05) is 33.1 Å². The third-order valence-corrected chi connectivity index (χ3v) is 3.40. The second kappa shape index (κ2) is 6.43. The van der Waals surface area contributed by atoms with Gasteiger partial charge in [0.1, 0.15) is 5.82 Å². The van der Waals surface area contributed by atoms with Gasteiger partial charge in [0.05, 0.1) is 17.5 Å². The van der Waals surface area contributed by atoms with Gasteiger partial charge >= 0.3 is 5.97 Å². The average molecular weight is 301 g/mol. The maximum atomic E-state index is 12.6. The van der Waals surface area contributed by atoms with Crippen molar-refractivity contribution in [3.05, 3.63) is 35.9 Å². The number of para-hydroxylation sites is 1. The molecule has 1 N–H and O–H groups in total. The molecule has 6 nitrogen and oxygen atoms in total. The minimum Gasteiger partial charge on any atom is -0.481 e. The van der Waals surface area contributed by atoms with Gasteiger partial charge in [-0.2, -0.15) is 0 Å². The molecule has 1 amide bonds. The molecular formula is C16H19N3O3. The molecule has 2 rings (SSSR count). The number of aliphatic carboxylic acids is 1. The minimum atomic E-state index is -0.923. The highest BCUT2D eigenvalue weighted by molar-refractivity contribution is 6.07. The zero-order valence-electron chi connectivity index (χ0n) is 12.9. The number of hydrogen-bond acceptors (Lipinski definition) is 4. The zero-order chi connectivity index (χ0) is 16.3. The number of carbonyl (C=O) groups excluding carboxylic acids is 1. The van der Waals surface area contributed by atoms with Crippen LogP contribution in [-0.4, -0.2) is 54.6 Å². The maximum absolute atomic E-state index is 12.6. The second-order valence-electron chi connectivity index (χ2n) is 5.31. The Bertz CT molecular complexity index is 713. The van der Waals surface area contributed by atoms with E-state index in [-0.39, 0.29) is 18.9 Å². The normalized spacial score (nSPS) is 10.5. The number of amides is 1. The molecule has 0 saturated carbocycles. The SMILES string of the molecule is CN(CCC(=O)O)C(=O)c1cc(N(C)C)nc2ccccc12.